The molecule has 0 spiro atoms. The van der Waals surface area contributed by atoms with Crippen LogP contribution in [0.25, 0.3) is 44.5 Å². The van der Waals surface area contributed by atoms with Crippen molar-refractivity contribution in [2.45, 2.75) is 6.67 Å². The number of hydrogen-bond acceptors (Lipinski definition) is 2. The van der Waals surface area contributed by atoms with Crippen molar-refractivity contribution >= 4 is 0 Å². The zero-order valence-corrected chi connectivity index (χ0v) is 20.4. The van der Waals surface area contributed by atoms with Crippen LogP contribution >= 0.6 is 0 Å². The third kappa shape index (κ3) is 5.19. The number of nitrogens with zero attached hydrogens (tertiary/aromatic N) is 4. The fourth-order valence-corrected chi connectivity index (χ4v) is 4.57. The standard InChI is InChI=1S/C33H26N4/c1-7-26(30-11-3-15-34-21-30)19-28(9-1)32-13-5-17-36(23-32)25-37-18-6-14-33(24-37)29-10-2-8-27(20-29)31-12-4-16-35-22-31/h1-24H,25H2/q+2. The maximum Gasteiger partial charge on any atom is 0.343 e. The van der Waals surface area contributed by atoms with Crippen molar-refractivity contribution in [3.63, 3.8) is 0 Å². The van der Waals surface area contributed by atoms with Gasteiger partial charge in [-0.2, -0.15) is 0 Å². The van der Waals surface area contributed by atoms with Crippen molar-refractivity contribution in [1.29, 1.82) is 0 Å². The van der Waals surface area contributed by atoms with Crippen LogP contribution in [-0.4, -0.2) is 9.97 Å². The highest BCUT2D eigenvalue weighted by Gasteiger charge is 2.13. The zero-order valence-electron chi connectivity index (χ0n) is 20.4. The van der Waals surface area contributed by atoms with Crippen molar-refractivity contribution < 1.29 is 9.13 Å². The average Bonchev–Trinajstić information content (AvgIpc) is 2.98. The first-order chi connectivity index (χ1) is 18.3. The molecule has 6 rings (SSSR count). The Labute approximate surface area is 216 Å². The summed E-state index contributed by atoms with van der Waals surface area (Å²) in [5, 5.41) is 0. The minimum absolute atomic E-state index is 0.715. The summed E-state index contributed by atoms with van der Waals surface area (Å²) in [7, 11) is 0. The maximum absolute atomic E-state index is 4.26. The van der Waals surface area contributed by atoms with Gasteiger partial charge in [0.2, 0.25) is 0 Å². The Morgan fingerprint density at radius 1 is 0.432 bits per heavy atom. The predicted molar refractivity (Wildman–Crippen MR) is 146 cm³/mol. The second-order valence-corrected chi connectivity index (χ2v) is 9.00. The molecule has 0 saturated heterocycles. The van der Waals surface area contributed by atoms with E-state index in [-0.39, 0.29) is 0 Å². The highest BCUT2D eigenvalue weighted by atomic mass is 15.1. The van der Waals surface area contributed by atoms with E-state index < -0.39 is 0 Å². The van der Waals surface area contributed by atoms with E-state index in [0.717, 1.165) is 22.3 Å². The van der Waals surface area contributed by atoms with Gasteiger partial charge in [-0.1, -0.05) is 48.5 Å². The fourth-order valence-electron chi connectivity index (χ4n) is 4.57. The summed E-state index contributed by atoms with van der Waals surface area (Å²) in [5.74, 6) is 0. The summed E-state index contributed by atoms with van der Waals surface area (Å²) < 4.78 is 4.42. The van der Waals surface area contributed by atoms with Crippen LogP contribution in [0.15, 0.2) is 147 Å². The van der Waals surface area contributed by atoms with Crippen LogP contribution in [0.2, 0.25) is 0 Å². The van der Waals surface area contributed by atoms with Crippen molar-refractivity contribution in [3.05, 3.63) is 147 Å². The summed E-state index contributed by atoms with van der Waals surface area (Å²) in [6.45, 7) is 0.715. The average molecular weight is 479 g/mol. The molecule has 2 aromatic carbocycles. The Bertz CT molecular complexity index is 1520. The van der Waals surface area contributed by atoms with Crippen molar-refractivity contribution in [3.8, 4) is 44.5 Å². The normalized spacial score (nSPS) is 10.8. The molecular weight excluding hydrogens is 452 g/mol. The van der Waals surface area contributed by atoms with Gasteiger partial charge in [-0.25, -0.2) is 0 Å². The molecule has 0 saturated carbocycles. The second kappa shape index (κ2) is 10.3. The zero-order chi connectivity index (χ0) is 24.9. The lowest BCUT2D eigenvalue weighted by Crippen LogP contribution is -2.51. The molecule has 37 heavy (non-hydrogen) atoms. The first-order valence-electron chi connectivity index (χ1n) is 12.3. The first-order valence-corrected chi connectivity index (χ1v) is 12.3. The monoisotopic (exact) mass is 478 g/mol. The Morgan fingerprint density at radius 3 is 1.27 bits per heavy atom. The van der Waals surface area contributed by atoms with Crippen LogP contribution in [-0.2, 0) is 6.67 Å². The molecule has 0 fully saturated rings. The number of benzene rings is 2. The van der Waals surface area contributed by atoms with Gasteiger partial charge in [-0.15, -0.1) is 9.13 Å². The van der Waals surface area contributed by atoms with Crippen molar-refractivity contribution in [1.82, 2.24) is 9.97 Å². The van der Waals surface area contributed by atoms with Crippen LogP contribution in [0, 0.1) is 0 Å². The molecule has 4 heteroatoms. The van der Waals surface area contributed by atoms with Crippen LogP contribution in [0.3, 0.4) is 0 Å². The van der Waals surface area contributed by atoms with Crippen LogP contribution in [0.5, 0.6) is 0 Å². The van der Waals surface area contributed by atoms with Gasteiger partial charge >= 0.3 is 6.67 Å². The maximum atomic E-state index is 4.26. The minimum atomic E-state index is 0.715. The molecule has 4 aromatic heterocycles. The van der Waals surface area contributed by atoms with E-state index in [2.05, 4.69) is 129 Å². The van der Waals surface area contributed by atoms with Crippen LogP contribution in [0.1, 0.15) is 0 Å². The van der Waals surface area contributed by atoms with E-state index >= 15 is 0 Å². The molecule has 176 valence electrons. The molecule has 0 aliphatic rings. The van der Waals surface area contributed by atoms with Gasteiger partial charge in [-0.3, -0.25) is 9.97 Å². The molecule has 0 radical (unpaired) electrons. The van der Waals surface area contributed by atoms with E-state index in [1.807, 2.05) is 24.5 Å². The van der Waals surface area contributed by atoms with Crippen LogP contribution < -0.4 is 9.13 Å². The van der Waals surface area contributed by atoms with Crippen molar-refractivity contribution in [2.24, 2.45) is 0 Å². The molecule has 4 heterocycles. The lowest BCUT2D eigenvalue weighted by molar-refractivity contribution is -0.912. The number of aromatic nitrogens is 4. The quantitative estimate of drug-likeness (QED) is 0.266. The summed E-state index contributed by atoms with van der Waals surface area (Å²) >= 11 is 0. The van der Waals surface area contributed by atoms with E-state index in [0.29, 0.717) is 6.67 Å². The molecular formula is C33H26N4+2. The largest absolute Gasteiger partial charge is 0.343 e. The summed E-state index contributed by atoms with van der Waals surface area (Å²) in [6, 6.07) is 33.9. The molecule has 6 aromatic rings. The summed E-state index contributed by atoms with van der Waals surface area (Å²) in [4.78, 5) is 8.53. The van der Waals surface area contributed by atoms with E-state index in [4.69, 9.17) is 0 Å². The van der Waals surface area contributed by atoms with Gasteiger partial charge in [0.1, 0.15) is 0 Å². The molecule has 0 bridgehead atoms. The van der Waals surface area contributed by atoms with Gasteiger partial charge < -0.3 is 0 Å². The van der Waals surface area contributed by atoms with Gasteiger partial charge in [0.25, 0.3) is 0 Å². The van der Waals surface area contributed by atoms with E-state index in [1.165, 1.54) is 22.3 Å². The molecule has 0 aliphatic heterocycles. The second-order valence-electron chi connectivity index (χ2n) is 9.00. The molecule has 0 unspecified atom stereocenters. The predicted octanol–water partition coefficient (Wildman–Crippen LogP) is 6.23. The molecule has 0 atom stereocenters. The first kappa shape index (κ1) is 22.5. The highest BCUT2D eigenvalue weighted by molar-refractivity contribution is 5.73. The summed E-state index contributed by atoms with van der Waals surface area (Å²) in [6.07, 6.45) is 16.0. The number of rotatable bonds is 6. The Balaban J connectivity index is 1.26. The molecule has 4 nitrogen and oxygen atoms in total. The molecule has 0 aliphatic carbocycles. The van der Waals surface area contributed by atoms with Gasteiger partial charge in [0.15, 0.2) is 24.8 Å². The fraction of sp³-hybridized carbons (Fsp3) is 0.0303. The topological polar surface area (TPSA) is 33.5 Å². The van der Waals surface area contributed by atoms with E-state index in [1.54, 1.807) is 12.4 Å². The lowest BCUT2D eigenvalue weighted by Gasteiger charge is -2.06. The minimum Gasteiger partial charge on any atom is -0.264 e. The van der Waals surface area contributed by atoms with Gasteiger partial charge in [-0.05, 0) is 58.7 Å². The lowest BCUT2D eigenvalue weighted by atomic mass is 10.0. The van der Waals surface area contributed by atoms with E-state index in [9.17, 15) is 0 Å². The third-order valence-electron chi connectivity index (χ3n) is 6.42. The molecule has 0 amide bonds. The van der Waals surface area contributed by atoms with Crippen LogP contribution in [0.4, 0.5) is 0 Å². The summed E-state index contributed by atoms with van der Waals surface area (Å²) in [5.41, 5.74) is 9.28. The van der Waals surface area contributed by atoms with Gasteiger partial charge in [0, 0.05) is 59.2 Å². The Morgan fingerprint density at radius 2 is 0.838 bits per heavy atom. The van der Waals surface area contributed by atoms with Gasteiger partial charge in [0.05, 0.1) is 0 Å². The van der Waals surface area contributed by atoms with Crippen molar-refractivity contribution in [2.75, 3.05) is 0 Å². The SMILES string of the molecule is c1cncc(-c2cccc(-c3ccc[n+](C[n+]4cccc(-c5cccc(-c6cccnc6)c5)c4)c3)c2)c1. The molecule has 0 N–H and O–H groups in total. The Kier molecular flexibility index (Phi) is 6.29. The number of hydrogen-bond donors (Lipinski definition) is 0. The smallest absolute Gasteiger partial charge is 0.264 e. The Hall–Kier alpha value is -4.96. The highest BCUT2D eigenvalue weighted by Crippen LogP contribution is 2.26. The third-order valence-corrected chi connectivity index (χ3v) is 6.42. The number of pyridine rings is 4.